The Morgan fingerprint density at radius 1 is 0.913 bits per heavy atom. The summed E-state index contributed by atoms with van der Waals surface area (Å²) in [5.41, 5.74) is 1.00. The summed E-state index contributed by atoms with van der Waals surface area (Å²) in [6.45, 7) is 0. The van der Waals surface area contributed by atoms with E-state index in [0.29, 0.717) is 17.0 Å². The summed E-state index contributed by atoms with van der Waals surface area (Å²) in [5, 5.41) is 1.74. The second kappa shape index (κ2) is 6.24. The first-order chi connectivity index (χ1) is 10.9. The first-order valence-corrected chi connectivity index (χ1v) is 8.55. The van der Waals surface area contributed by atoms with Gasteiger partial charge in [-0.3, -0.25) is 4.98 Å². The van der Waals surface area contributed by atoms with Gasteiger partial charge < -0.3 is 0 Å². The molecule has 3 rings (SSSR count). The number of halogens is 5. The number of alkyl halides is 5. The van der Waals surface area contributed by atoms with E-state index in [2.05, 4.69) is 36.8 Å². The molecule has 0 unspecified atom stereocenters. The van der Waals surface area contributed by atoms with Crippen molar-refractivity contribution >= 4 is 42.6 Å². The Morgan fingerprint density at radius 2 is 1.65 bits per heavy atom. The monoisotopic (exact) mass is 443 g/mol. The lowest BCUT2D eigenvalue weighted by molar-refractivity contribution is -0.137. The molecule has 23 heavy (non-hydrogen) atoms. The van der Waals surface area contributed by atoms with Crippen molar-refractivity contribution in [2.24, 2.45) is 0 Å². The van der Waals surface area contributed by atoms with Gasteiger partial charge in [-0.15, -0.1) is 0 Å². The average Bonchev–Trinajstić information content (AvgIpc) is 2.53. The molecule has 0 spiro atoms. The maximum atomic E-state index is 13.0. The number of benzene rings is 2. The number of fused-ring (bicyclic) bond motifs is 1. The molecule has 0 atom stereocenters. The van der Waals surface area contributed by atoms with Crippen LogP contribution in [0.15, 0.2) is 54.6 Å². The van der Waals surface area contributed by atoms with Crippen molar-refractivity contribution in [3.8, 4) is 11.3 Å². The average molecular weight is 445 g/mol. The maximum absolute atomic E-state index is 13.0. The van der Waals surface area contributed by atoms with Crippen molar-refractivity contribution in [2.75, 3.05) is 0 Å². The second-order valence-corrected chi connectivity index (χ2v) is 8.06. The minimum absolute atomic E-state index is 0.177. The van der Waals surface area contributed by atoms with Crippen molar-refractivity contribution in [3.63, 3.8) is 0 Å². The quantitative estimate of drug-likeness (QED) is 0.400. The summed E-state index contributed by atoms with van der Waals surface area (Å²) >= 11 is 6.79. The summed E-state index contributed by atoms with van der Waals surface area (Å²) in [5.74, 6) is 0. The van der Waals surface area contributed by atoms with E-state index in [0.717, 1.165) is 22.9 Å². The van der Waals surface area contributed by atoms with Crippen molar-refractivity contribution in [1.29, 1.82) is 0 Å². The summed E-state index contributed by atoms with van der Waals surface area (Å²) < 4.78 is 38.7. The predicted octanol–water partition coefficient (Wildman–Crippen LogP) is 6.71. The predicted molar refractivity (Wildman–Crippen MR) is 92.8 cm³/mol. The van der Waals surface area contributed by atoms with Gasteiger partial charge in [-0.25, -0.2) is 0 Å². The molecule has 0 amide bonds. The second-order valence-electron chi connectivity index (χ2n) is 5.00. The van der Waals surface area contributed by atoms with Crippen LogP contribution in [0.25, 0.3) is 22.0 Å². The molecule has 0 N–H and O–H groups in total. The van der Waals surface area contributed by atoms with E-state index in [4.69, 9.17) is 0 Å². The van der Waals surface area contributed by atoms with Gasteiger partial charge in [0.05, 0.1) is 17.0 Å². The maximum Gasteiger partial charge on any atom is 0.416 e. The van der Waals surface area contributed by atoms with E-state index >= 15 is 0 Å². The van der Waals surface area contributed by atoms with Crippen LogP contribution in [0.1, 0.15) is 15.0 Å². The highest BCUT2D eigenvalue weighted by Crippen LogP contribution is 2.36. The lowest BCUT2D eigenvalue weighted by atomic mass is 10.0. The molecular formula is C17H10Br2F3N. The van der Waals surface area contributed by atoms with Crippen LogP contribution in [0.2, 0.25) is 0 Å². The fraction of sp³-hybridized carbons (Fsp3) is 0.118. The number of rotatable bonds is 2. The number of nitrogens with zero attached hydrogens (tertiary/aromatic N) is 1. The van der Waals surface area contributed by atoms with Gasteiger partial charge in [0.15, 0.2) is 0 Å². The van der Waals surface area contributed by atoms with Gasteiger partial charge in [0, 0.05) is 10.9 Å². The molecule has 0 radical (unpaired) electrons. The van der Waals surface area contributed by atoms with Crippen LogP contribution in [0.4, 0.5) is 13.2 Å². The first-order valence-electron chi connectivity index (χ1n) is 6.72. The molecule has 1 aromatic heterocycles. The Balaban J connectivity index is 2.27. The zero-order valence-electron chi connectivity index (χ0n) is 11.6. The number of hydrogen-bond donors (Lipinski definition) is 0. The Morgan fingerprint density at radius 3 is 2.35 bits per heavy atom. The standard InChI is InChI=1S/C17H10Br2F3N/c18-16(19)14-9-10-4-1-2-7-13(10)15(23-14)11-5-3-6-12(8-11)17(20,21)22/h1-9,16H. The van der Waals surface area contributed by atoms with Crippen molar-refractivity contribution in [2.45, 2.75) is 9.91 Å². The van der Waals surface area contributed by atoms with E-state index < -0.39 is 11.7 Å². The number of aromatic nitrogens is 1. The molecule has 0 bridgehead atoms. The van der Waals surface area contributed by atoms with Crippen LogP contribution < -0.4 is 0 Å². The molecule has 2 aromatic carbocycles. The zero-order chi connectivity index (χ0) is 16.6. The lowest BCUT2D eigenvalue weighted by Crippen LogP contribution is -2.04. The van der Waals surface area contributed by atoms with Gasteiger partial charge in [-0.05, 0) is 23.6 Å². The molecule has 6 heteroatoms. The largest absolute Gasteiger partial charge is 0.416 e. The molecule has 118 valence electrons. The number of hydrogen-bond acceptors (Lipinski definition) is 1. The van der Waals surface area contributed by atoms with Crippen molar-refractivity contribution in [1.82, 2.24) is 4.98 Å². The molecule has 0 saturated carbocycles. The van der Waals surface area contributed by atoms with E-state index in [9.17, 15) is 13.2 Å². The Hall–Kier alpha value is -1.40. The smallest absolute Gasteiger partial charge is 0.250 e. The summed E-state index contributed by atoms with van der Waals surface area (Å²) in [6, 6.07) is 14.7. The molecule has 0 aliphatic carbocycles. The van der Waals surface area contributed by atoms with Crippen LogP contribution in [0, 0.1) is 0 Å². The summed E-state index contributed by atoms with van der Waals surface area (Å²) in [6.07, 6.45) is -4.38. The van der Waals surface area contributed by atoms with Crippen LogP contribution in [0.5, 0.6) is 0 Å². The molecule has 1 heterocycles. The van der Waals surface area contributed by atoms with Gasteiger partial charge in [-0.1, -0.05) is 68.3 Å². The Bertz CT molecular complexity index is 860. The van der Waals surface area contributed by atoms with Crippen LogP contribution in [0.3, 0.4) is 0 Å². The fourth-order valence-electron chi connectivity index (χ4n) is 2.39. The lowest BCUT2D eigenvalue weighted by Gasteiger charge is -2.12. The van der Waals surface area contributed by atoms with Gasteiger partial charge >= 0.3 is 6.18 Å². The topological polar surface area (TPSA) is 12.9 Å². The minimum Gasteiger partial charge on any atom is -0.250 e. The zero-order valence-corrected chi connectivity index (χ0v) is 14.8. The van der Waals surface area contributed by atoms with E-state index in [-0.39, 0.29) is 3.74 Å². The van der Waals surface area contributed by atoms with Crippen molar-refractivity contribution < 1.29 is 13.2 Å². The van der Waals surface area contributed by atoms with E-state index in [1.54, 1.807) is 6.07 Å². The minimum atomic E-state index is -4.38. The third-order valence-electron chi connectivity index (χ3n) is 3.45. The highest BCUT2D eigenvalue weighted by molar-refractivity contribution is 9.24. The Kier molecular flexibility index (Phi) is 4.47. The summed E-state index contributed by atoms with van der Waals surface area (Å²) in [4.78, 5) is 4.53. The van der Waals surface area contributed by atoms with Gasteiger partial charge in [0.1, 0.15) is 3.74 Å². The normalized spacial score (nSPS) is 12.1. The fourth-order valence-corrected chi connectivity index (χ4v) is 2.86. The van der Waals surface area contributed by atoms with Crippen molar-refractivity contribution in [3.05, 3.63) is 65.9 Å². The van der Waals surface area contributed by atoms with Gasteiger partial charge in [0.2, 0.25) is 0 Å². The van der Waals surface area contributed by atoms with Crippen LogP contribution in [-0.4, -0.2) is 4.98 Å². The number of pyridine rings is 1. The molecule has 3 aromatic rings. The molecule has 0 fully saturated rings. The highest BCUT2D eigenvalue weighted by atomic mass is 79.9. The van der Waals surface area contributed by atoms with Gasteiger partial charge in [-0.2, -0.15) is 13.2 Å². The molecule has 1 nitrogen and oxygen atoms in total. The van der Waals surface area contributed by atoms with Crippen LogP contribution in [-0.2, 0) is 6.18 Å². The van der Waals surface area contributed by atoms with Crippen LogP contribution >= 0.6 is 31.9 Å². The molecular weight excluding hydrogens is 435 g/mol. The molecule has 0 saturated heterocycles. The third-order valence-corrected chi connectivity index (χ3v) is 4.39. The third kappa shape index (κ3) is 3.43. The first kappa shape index (κ1) is 16.5. The van der Waals surface area contributed by atoms with E-state index in [1.807, 2.05) is 30.3 Å². The molecule has 0 aliphatic heterocycles. The summed E-state index contributed by atoms with van der Waals surface area (Å²) in [7, 11) is 0. The highest BCUT2D eigenvalue weighted by Gasteiger charge is 2.30. The SMILES string of the molecule is FC(F)(F)c1cccc(-c2nc(C(Br)Br)cc3ccccc23)c1. The van der Waals surface area contributed by atoms with Gasteiger partial charge in [0.25, 0.3) is 0 Å². The Labute approximate surface area is 147 Å². The van der Waals surface area contributed by atoms with E-state index in [1.165, 1.54) is 6.07 Å². The molecule has 0 aliphatic rings.